The van der Waals surface area contributed by atoms with Gasteiger partial charge in [-0.05, 0) is 29.8 Å². The van der Waals surface area contributed by atoms with Crippen LogP contribution in [-0.4, -0.2) is 30.4 Å². The first-order chi connectivity index (χ1) is 14.9. The quantitative estimate of drug-likeness (QED) is 0.377. The molecule has 158 valence electrons. The van der Waals surface area contributed by atoms with E-state index in [2.05, 4.69) is 4.98 Å². The van der Waals surface area contributed by atoms with Crippen LogP contribution in [0.25, 0.3) is 20.1 Å². The molecule has 4 atom stereocenters. The highest BCUT2D eigenvalue weighted by Crippen LogP contribution is 2.63. The van der Waals surface area contributed by atoms with Gasteiger partial charge in [0, 0.05) is 11.8 Å². The van der Waals surface area contributed by atoms with Crippen LogP contribution in [-0.2, 0) is 16.1 Å². The van der Waals surface area contributed by atoms with Gasteiger partial charge in [0.25, 0.3) is 11.3 Å². The lowest BCUT2D eigenvalue weighted by molar-refractivity contribution is -0.139. The zero-order chi connectivity index (χ0) is 21.8. The second kappa shape index (κ2) is 7.52. The molecule has 0 bridgehead atoms. The summed E-state index contributed by atoms with van der Waals surface area (Å²) in [6.45, 7) is 1.81. The first-order valence-corrected chi connectivity index (χ1v) is 12.3. The highest BCUT2D eigenvalue weighted by atomic mass is 32.2. The predicted molar refractivity (Wildman–Crippen MR) is 125 cm³/mol. The molecule has 0 radical (unpaired) electrons. The van der Waals surface area contributed by atoms with Gasteiger partial charge in [-0.2, -0.15) is 0 Å². The number of thiazole rings is 1. The molecular formula is C22H18N2O4S3. The normalized spacial score (nSPS) is 23.5. The zero-order valence-corrected chi connectivity index (χ0v) is 18.8. The molecular weight excluding hydrogens is 452 g/mol. The first-order valence-electron chi connectivity index (χ1n) is 9.60. The maximum atomic E-state index is 12.5. The molecule has 1 aliphatic rings. The Balaban J connectivity index is 1.57. The molecule has 4 aromatic rings. The molecule has 4 unspecified atom stereocenters. The van der Waals surface area contributed by atoms with Crippen LogP contribution in [0.4, 0.5) is 5.00 Å². The average molecular weight is 471 g/mol. The molecule has 0 saturated heterocycles. The van der Waals surface area contributed by atoms with E-state index >= 15 is 0 Å². The van der Waals surface area contributed by atoms with Crippen molar-refractivity contribution in [1.82, 2.24) is 4.98 Å². The summed E-state index contributed by atoms with van der Waals surface area (Å²) in [7, 11) is 0. The fraction of sp³-hybridized carbons (Fsp3) is 0.182. The van der Waals surface area contributed by atoms with Gasteiger partial charge >= 0.3 is 5.97 Å². The highest BCUT2D eigenvalue weighted by molar-refractivity contribution is 7.81. The molecule has 1 aliphatic carbocycles. The van der Waals surface area contributed by atoms with Gasteiger partial charge in [0.05, 0.1) is 15.1 Å². The Morgan fingerprint density at radius 1 is 1.06 bits per heavy atom. The van der Waals surface area contributed by atoms with Crippen molar-refractivity contribution in [2.45, 2.75) is 18.4 Å². The summed E-state index contributed by atoms with van der Waals surface area (Å²) >= 11 is 0.307. The molecule has 5 rings (SSSR count). The van der Waals surface area contributed by atoms with E-state index in [0.29, 0.717) is 5.00 Å². The minimum absolute atomic E-state index is 0.337. The number of hydrogen-bond donors (Lipinski definition) is 2. The van der Waals surface area contributed by atoms with Crippen molar-refractivity contribution in [3.63, 3.8) is 0 Å². The third kappa shape index (κ3) is 3.11. The predicted octanol–water partition coefficient (Wildman–Crippen LogP) is 5.22. The molecule has 1 fully saturated rings. The second-order valence-corrected chi connectivity index (χ2v) is 10.4. The minimum atomic E-state index is -2.51. The van der Waals surface area contributed by atoms with Gasteiger partial charge in [-0.1, -0.05) is 49.4 Å². The monoisotopic (exact) mass is 470 g/mol. The molecule has 9 heteroatoms. The van der Waals surface area contributed by atoms with Gasteiger partial charge in [0.1, 0.15) is 10.0 Å². The fourth-order valence-corrected chi connectivity index (χ4v) is 7.52. The molecule has 2 N–H and O–H groups in total. The Hall–Kier alpha value is -2.59. The van der Waals surface area contributed by atoms with Crippen LogP contribution in [0.5, 0.6) is 0 Å². The van der Waals surface area contributed by atoms with E-state index in [-0.39, 0.29) is 5.92 Å². The van der Waals surface area contributed by atoms with E-state index in [9.17, 15) is 18.7 Å². The molecule has 31 heavy (non-hydrogen) atoms. The number of aromatic nitrogens is 1. The van der Waals surface area contributed by atoms with Crippen LogP contribution in [0, 0.1) is 5.92 Å². The van der Waals surface area contributed by atoms with E-state index < -0.39 is 28.7 Å². The van der Waals surface area contributed by atoms with Crippen LogP contribution >= 0.6 is 22.7 Å². The fourth-order valence-electron chi connectivity index (χ4n) is 4.39. The lowest BCUT2D eigenvalue weighted by Gasteiger charge is -2.27. The number of benzene rings is 2. The van der Waals surface area contributed by atoms with Gasteiger partial charge in [0.15, 0.2) is 5.54 Å². The summed E-state index contributed by atoms with van der Waals surface area (Å²) in [6, 6.07) is 20.7. The summed E-state index contributed by atoms with van der Waals surface area (Å²) in [5.74, 6) is -1.84. The number of fused-ring (bicyclic) bond motifs is 1. The van der Waals surface area contributed by atoms with Crippen molar-refractivity contribution >= 4 is 55.1 Å². The van der Waals surface area contributed by atoms with E-state index in [1.165, 1.54) is 22.7 Å². The summed E-state index contributed by atoms with van der Waals surface area (Å²) < 4.78 is 24.9. The highest BCUT2D eigenvalue weighted by Gasteiger charge is 2.73. The number of thiophene rings is 1. The van der Waals surface area contributed by atoms with E-state index in [0.717, 1.165) is 30.0 Å². The Kier molecular flexibility index (Phi) is 4.93. The van der Waals surface area contributed by atoms with Crippen molar-refractivity contribution in [2.75, 3.05) is 4.31 Å². The Morgan fingerprint density at radius 3 is 2.45 bits per heavy atom. The smallest absolute Gasteiger partial charge is 0.331 e. The van der Waals surface area contributed by atoms with Crippen molar-refractivity contribution in [1.29, 1.82) is 0 Å². The maximum absolute atomic E-state index is 12.5. The van der Waals surface area contributed by atoms with Gasteiger partial charge in [-0.25, -0.2) is 18.3 Å². The summed E-state index contributed by atoms with van der Waals surface area (Å²) in [5.41, 5.74) is 0.245. The number of carboxylic acid groups (broad SMARTS) is 1. The van der Waals surface area contributed by atoms with Crippen molar-refractivity contribution in [3.8, 4) is 9.88 Å². The third-order valence-electron chi connectivity index (χ3n) is 5.85. The van der Waals surface area contributed by atoms with Gasteiger partial charge in [-0.15, -0.1) is 22.7 Å². The number of hydrogen-bond acceptors (Lipinski definition) is 5. The number of carbonyl (C=O) groups is 1. The van der Waals surface area contributed by atoms with Gasteiger partial charge in [0.2, 0.25) is 0 Å². The number of carboxylic acids is 1. The SMILES string of the molecule is CC1C(c2ccccc2)C1(C(=O)O)N(c1ccc(-c2nc3ccccc3s2)s1)S(=O)O. The minimum Gasteiger partial charge on any atom is -0.479 e. The topological polar surface area (TPSA) is 90.7 Å². The summed E-state index contributed by atoms with van der Waals surface area (Å²) in [5, 5.41) is 11.4. The molecule has 2 heterocycles. The zero-order valence-electron chi connectivity index (χ0n) is 16.3. The first kappa shape index (κ1) is 20.3. The number of anilines is 1. The Bertz CT molecular complexity index is 1270. The molecule has 1 saturated carbocycles. The number of para-hydroxylation sites is 1. The lowest BCUT2D eigenvalue weighted by Crippen LogP contribution is -2.47. The van der Waals surface area contributed by atoms with Crippen LogP contribution in [0.1, 0.15) is 18.4 Å². The molecule has 0 amide bonds. The van der Waals surface area contributed by atoms with Crippen LogP contribution in [0.15, 0.2) is 66.7 Å². The van der Waals surface area contributed by atoms with E-state index in [1.54, 1.807) is 6.07 Å². The van der Waals surface area contributed by atoms with E-state index in [4.69, 9.17) is 0 Å². The number of aliphatic carboxylic acids is 1. The molecule has 2 aromatic carbocycles. The molecule has 0 spiro atoms. The standard InChI is InChI=1S/C22H18N2O4S3/c1-13-19(14-7-3-2-4-8-14)22(13,21(25)26)24(31(27)28)18-12-11-17(29-18)20-23-15-9-5-6-10-16(15)30-20/h2-13,19H,1H3,(H,25,26)(H,27,28). The van der Waals surface area contributed by atoms with Gasteiger partial charge < -0.3 is 5.11 Å². The summed E-state index contributed by atoms with van der Waals surface area (Å²) in [6.07, 6.45) is 0. The molecule has 2 aromatic heterocycles. The maximum Gasteiger partial charge on any atom is 0.331 e. The second-order valence-electron chi connectivity index (χ2n) is 7.46. The van der Waals surface area contributed by atoms with Crippen molar-refractivity contribution in [2.24, 2.45) is 5.92 Å². The Morgan fingerprint density at radius 2 is 1.77 bits per heavy atom. The number of rotatable bonds is 6. The average Bonchev–Trinajstić information content (AvgIpc) is 3.10. The number of nitrogens with zero attached hydrogens (tertiary/aromatic N) is 2. The van der Waals surface area contributed by atoms with Crippen molar-refractivity contribution in [3.05, 3.63) is 72.3 Å². The lowest BCUT2D eigenvalue weighted by atomic mass is 10.1. The third-order valence-corrected chi connectivity index (χ3v) is 9.05. The van der Waals surface area contributed by atoms with Crippen LogP contribution < -0.4 is 4.31 Å². The van der Waals surface area contributed by atoms with Crippen LogP contribution in [0.2, 0.25) is 0 Å². The Labute approximate surface area is 189 Å². The van der Waals surface area contributed by atoms with Crippen molar-refractivity contribution < 1.29 is 18.7 Å². The van der Waals surface area contributed by atoms with Gasteiger partial charge in [-0.3, -0.25) is 4.55 Å². The van der Waals surface area contributed by atoms with Crippen LogP contribution in [0.3, 0.4) is 0 Å². The van der Waals surface area contributed by atoms with E-state index in [1.807, 2.05) is 67.6 Å². The summed E-state index contributed by atoms with van der Waals surface area (Å²) in [4.78, 5) is 18.0. The molecule has 6 nitrogen and oxygen atoms in total. The largest absolute Gasteiger partial charge is 0.479 e. The molecule has 0 aliphatic heterocycles.